The molecule has 1 aliphatic carbocycles. The van der Waals surface area contributed by atoms with Gasteiger partial charge in [-0.2, -0.15) is 4.98 Å². The number of likely N-dealkylation sites (tertiary alicyclic amines) is 1. The Morgan fingerprint density at radius 3 is 2.79 bits per heavy atom. The van der Waals surface area contributed by atoms with E-state index in [1.54, 1.807) is 0 Å². The molecule has 24 heavy (non-hydrogen) atoms. The van der Waals surface area contributed by atoms with Crippen molar-refractivity contribution in [1.29, 1.82) is 0 Å². The Labute approximate surface area is 138 Å². The molecule has 2 aromatic heterocycles. The van der Waals surface area contributed by atoms with Crippen LogP contribution in [0.5, 0.6) is 0 Å². The standard InChI is InChI=1S/C16H19N5O3/c1-8-6-9(2)21-16(17-8)18-13(19-21)14(22)20-7-10-4-3-5-11(10)12(20)15(23)24/h6,10-12H,3-5,7H2,1-2H3,(H,23,24). The van der Waals surface area contributed by atoms with Crippen LogP contribution in [0, 0.1) is 25.7 Å². The molecule has 3 atom stereocenters. The number of aromatic nitrogens is 4. The molecule has 2 aromatic rings. The van der Waals surface area contributed by atoms with Gasteiger partial charge >= 0.3 is 5.97 Å². The molecule has 1 saturated carbocycles. The fourth-order valence-electron chi connectivity index (χ4n) is 4.22. The van der Waals surface area contributed by atoms with Crippen LogP contribution in [0.2, 0.25) is 0 Å². The van der Waals surface area contributed by atoms with Crippen LogP contribution in [-0.2, 0) is 4.79 Å². The van der Waals surface area contributed by atoms with Gasteiger partial charge in [0.2, 0.25) is 5.82 Å². The molecule has 2 aliphatic rings. The van der Waals surface area contributed by atoms with E-state index < -0.39 is 17.9 Å². The van der Waals surface area contributed by atoms with E-state index in [-0.39, 0.29) is 17.7 Å². The van der Waals surface area contributed by atoms with Crippen molar-refractivity contribution in [2.45, 2.75) is 39.2 Å². The number of nitrogens with zero attached hydrogens (tertiary/aromatic N) is 5. The monoisotopic (exact) mass is 329 g/mol. The van der Waals surface area contributed by atoms with E-state index in [9.17, 15) is 14.7 Å². The first-order valence-electron chi connectivity index (χ1n) is 8.20. The summed E-state index contributed by atoms with van der Waals surface area (Å²) in [7, 11) is 0. The second-order valence-corrected chi connectivity index (χ2v) is 6.78. The third-order valence-corrected chi connectivity index (χ3v) is 5.21. The minimum Gasteiger partial charge on any atom is -0.480 e. The van der Waals surface area contributed by atoms with Gasteiger partial charge in [0.15, 0.2) is 0 Å². The van der Waals surface area contributed by atoms with Crippen molar-refractivity contribution in [3.63, 3.8) is 0 Å². The first-order valence-corrected chi connectivity index (χ1v) is 8.20. The fraction of sp³-hybridized carbons (Fsp3) is 0.562. The molecule has 1 saturated heterocycles. The Hall–Kier alpha value is -2.51. The van der Waals surface area contributed by atoms with E-state index in [0.717, 1.165) is 30.7 Å². The van der Waals surface area contributed by atoms with Gasteiger partial charge in [0, 0.05) is 17.9 Å². The number of carbonyl (C=O) groups is 2. The largest absolute Gasteiger partial charge is 0.480 e. The van der Waals surface area contributed by atoms with Gasteiger partial charge in [-0.1, -0.05) is 6.42 Å². The van der Waals surface area contributed by atoms with Gasteiger partial charge in [-0.15, -0.1) is 5.10 Å². The van der Waals surface area contributed by atoms with E-state index in [0.29, 0.717) is 12.3 Å². The summed E-state index contributed by atoms with van der Waals surface area (Å²) in [4.78, 5) is 34.5. The minimum absolute atomic E-state index is 0.0161. The van der Waals surface area contributed by atoms with Crippen LogP contribution in [0.15, 0.2) is 6.07 Å². The second kappa shape index (κ2) is 5.25. The highest BCUT2D eigenvalue weighted by Crippen LogP contribution is 2.42. The molecular weight excluding hydrogens is 310 g/mol. The highest BCUT2D eigenvalue weighted by molar-refractivity contribution is 5.94. The van der Waals surface area contributed by atoms with E-state index >= 15 is 0 Å². The summed E-state index contributed by atoms with van der Waals surface area (Å²) in [5, 5.41) is 13.8. The summed E-state index contributed by atoms with van der Waals surface area (Å²) < 4.78 is 1.52. The van der Waals surface area contributed by atoms with E-state index in [1.807, 2.05) is 19.9 Å². The van der Waals surface area contributed by atoms with Crippen molar-refractivity contribution in [3.05, 3.63) is 23.3 Å². The molecular formula is C16H19N5O3. The van der Waals surface area contributed by atoms with Gasteiger partial charge in [0.1, 0.15) is 6.04 Å². The zero-order valence-electron chi connectivity index (χ0n) is 13.6. The number of aryl methyl sites for hydroxylation is 2. The highest BCUT2D eigenvalue weighted by atomic mass is 16.4. The average molecular weight is 329 g/mol. The number of aliphatic carboxylic acids is 1. The van der Waals surface area contributed by atoms with Crippen molar-refractivity contribution in [3.8, 4) is 0 Å². The number of carbonyl (C=O) groups excluding carboxylic acids is 1. The molecule has 3 heterocycles. The molecule has 4 rings (SSSR count). The van der Waals surface area contributed by atoms with Crippen molar-refractivity contribution < 1.29 is 14.7 Å². The van der Waals surface area contributed by atoms with Gasteiger partial charge in [-0.25, -0.2) is 14.3 Å². The van der Waals surface area contributed by atoms with Crippen molar-refractivity contribution in [1.82, 2.24) is 24.5 Å². The Morgan fingerprint density at radius 2 is 2.04 bits per heavy atom. The molecule has 1 amide bonds. The van der Waals surface area contributed by atoms with Crippen LogP contribution in [0.4, 0.5) is 0 Å². The molecule has 126 valence electrons. The first-order chi connectivity index (χ1) is 11.5. The van der Waals surface area contributed by atoms with Crippen LogP contribution in [0.25, 0.3) is 5.78 Å². The molecule has 1 N–H and O–H groups in total. The van der Waals surface area contributed by atoms with Crippen molar-refractivity contribution in [2.75, 3.05) is 6.54 Å². The zero-order chi connectivity index (χ0) is 17.0. The van der Waals surface area contributed by atoms with Crippen LogP contribution in [0.1, 0.15) is 41.3 Å². The molecule has 8 heteroatoms. The average Bonchev–Trinajstić information content (AvgIpc) is 3.18. The summed E-state index contributed by atoms with van der Waals surface area (Å²) in [5.74, 6) is -0.657. The summed E-state index contributed by atoms with van der Waals surface area (Å²) >= 11 is 0. The lowest BCUT2D eigenvalue weighted by atomic mass is 9.94. The second-order valence-electron chi connectivity index (χ2n) is 6.78. The lowest BCUT2D eigenvalue weighted by Gasteiger charge is -2.22. The Morgan fingerprint density at radius 1 is 1.25 bits per heavy atom. The topological polar surface area (TPSA) is 101 Å². The summed E-state index contributed by atoms with van der Waals surface area (Å²) in [5.41, 5.74) is 1.63. The maximum atomic E-state index is 12.9. The molecule has 8 nitrogen and oxygen atoms in total. The molecule has 3 unspecified atom stereocenters. The van der Waals surface area contributed by atoms with Crippen molar-refractivity contribution >= 4 is 17.7 Å². The lowest BCUT2D eigenvalue weighted by molar-refractivity contribution is -0.142. The quantitative estimate of drug-likeness (QED) is 0.884. The van der Waals surface area contributed by atoms with Crippen molar-refractivity contribution in [2.24, 2.45) is 11.8 Å². The van der Waals surface area contributed by atoms with Crippen LogP contribution in [-0.4, -0.2) is 54.1 Å². The number of hydrogen-bond donors (Lipinski definition) is 1. The van der Waals surface area contributed by atoms with E-state index in [4.69, 9.17) is 0 Å². The number of carboxylic acid groups (broad SMARTS) is 1. The van der Waals surface area contributed by atoms with Crippen LogP contribution < -0.4 is 0 Å². The van der Waals surface area contributed by atoms with Gasteiger partial charge in [0.05, 0.1) is 0 Å². The van der Waals surface area contributed by atoms with Crippen LogP contribution >= 0.6 is 0 Å². The van der Waals surface area contributed by atoms with E-state index in [1.165, 1.54) is 9.42 Å². The zero-order valence-corrected chi connectivity index (χ0v) is 13.6. The molecule has 0 spiro atoms. The smallest absolute Gasteiger partial charge is 0.326 e. The lowest BCUT2D eigenvalue weighted by Crippen LogP contribution is -2.43. The maximum Gasteiger partial charge on any atom is 0.326 e. The molecule has 2 fully saturated rings. The number of amides is 1. The van der Waals surface area contributed by atoms with Gasteiger partial charge in [0.25, 0.3) is 11.7 Å². The van der Waals surface area contributed by atoms with Gasteiger partial charge in [-0.3, -0.25) is 4.79 Å². The Bertz CT molecular complexity index is 846. The molecule has 0 bridgehead atoms. The third kappa shape index (κ3) is 2.16. The SMILES string of the molecule is Cc1cc(C)n2nc(C(=O)N3CC4CCCC4C3C(=O)O)nc2n1. The Balaban J connectivity index is 1.70. The van der Waals surface area contributed by atoms with Crippen LogP contribution in [0.3, 0.4) is 0 Å². The summed E-state index contributed by atoms with van der Waals surface area (Å²) in [6, 6.07) is 1.09. The molecule has 1 aliphatic heterocycles. The predicted octanol–water partition coefficient (Wildman–Crippen LogP) is 1.07. The Kier molecular flexibility index (Phi) is 3.29. The van der Waals surface area contributed by atoms with Gasteiger partial charge in [-0.05, 0) is 44.6 Å². The minimum atomic E-state index is -0.938. The molecule has 0 radical (unpaired) electrons. The van der Waals surface area contributed by atoms with Gasteiger partial charge < -0.3 is 10.0 Å². The third-order valence-electron chi connectivity index (χ3n) is 5.21. The number of fused-ring (bicyclic) bond motifs is 2. The predicted molar refractivity (Wildman–Crippen MR) is 83.5 cm³/mol. The first kappa shape index (κ1) is 15.0. The van der Waals surface area contributed by atoms with E-state index in [2.05, 4.69) is 15.1 Å². The fourth-order valence-corrected chi connectivity index (χ4v) is 4.22. The molecule has 0 aromatic carbocycles. The number of carboxylic acids is 1. The maximum absolute atomic E-state index is 12.9. The highest BCUT2D eigenvalue weighted by Gasteiger charge is 2.50. The normalized spacial score (nSPS) is 26.1. The number of hydrogen-bond acceptors (Lipinski definition) is 5. The summed E-state index contributed by atoms with van der Waals surface area (Å²) in [6.07, 6.45) is 2.89. The number of rotatable bonds is 2. The summed E-state index contributed by atoms with van der Waals surface area (Å²) in [6.45, 7) is 4.19.